The van der Waals surface area contributed by atoms with E-state index >= 15 is 0 Å². The molecule has 0 spiro atoms. The van der Waals surface area contributed by atoms with Crippen molar-refractivity contribution in [2.75, 3.05) is 0 Å². The quantitative estimate of drug-likeness (QED) is 0.275. The fourth-order valence-electron chi connectivity index (χ4n) is 3.31. The van der Waals surface area contributed by atoms with Gasteiger partial charge in [0.1, 0.15) is 16.6 Å². The number of thiazole rings is 1. The molecular weight excluding hydrogens is 426 g/mol. The minimum absolute atomic E-state index is 0.510. The van der Waals surface area contributed by atoms with Crippen LogP contribution in [0.25, 0.3) is 45.1 Å². The lowest BCUT2D eigenvalue weighted by Gasteiger charge is -1.99. The number of halogens is 1. The van der Waals surface area contributed by atoms with Gasteiger partial charge in [0, 0.05) is 21.5 Å². The number of allylic oxidation sites excluding steroid dienone is 1. The number of nitrogens with zero attached hydrogens (tertiary/aromatic N) is 3. The zero-order valence-electron chi connectivity index (χ0n) is 16.1. The summed E-state index contributed by atoms with van der Waals surface area (Å²) in [6.07, 6.45) is 1.84. The van der Waals surface area contributed by atoms with Crippen LogP contribution >= 0.6 is 22.9 Å². The maximum atomic E-state index is 9.76. The lowest BCUT2D eigenvalue weighted by molar-refractivity contribution is 0.441. The molecule has 0 amide bonds. The molecule has 5 rings (SSSR count). The van der Waals surface area contributed by atoms with Crippen molar-refractivity contribution in [2.45, 2.75) is 0 Å². The molecule has 0 atom stereocenters. The molecule has 2 heterocycles. The highest BCUT2D eigenvalue weighted by Crippen LogP contribution is 2.32. The van der Waals surface area contributed by atoms with Gasteiger partial charge in [0.15, 0.2) is 5.76 Å². The minimum atomic E-state index is 0.510. The first kappa shape index (κ1) is 19.3. The number of benzene rings is 3. The standard InChI is InChI=1S/C25H14ClN3OS/c26-20-9-7-18(8-10-20)24-21-13-16(6-11-22(21)29-30-24)12-19(14-27)25-28-23(15-31-25)17-4-2-1-3-5-17/h1-13,15H/b19-12+. The van der Waals surface area contributed by atoms with Crippen LogP contribution < -0.4 is 0 Å². The molecule has 0 saturated carbocycles. The van der Waals surface area contributed by atoms with Crippen molar-refractivity contribution in [2.24, 2.45) is 0 Å². The maximum absolute atomic E-state index is 9.76. The highest BCUT2D eigenvalue weighted by atomic mass is 35.5. The topological polar surface area (TPSA) is 62.7 Å². The van der Waals surface area contributed by atoms with Gasteiger partial charge < -0.3 is 4.52 Å². The van der Waals surface area contributed by atoms with Crippen LogP contribution in [0, 0.1) is 11.3 Å². The van der Waals surface area contributed by atoms with Gasteiger partial charge in [0.05, 0.1) is 16.7 Å². The predicted octanol–water partition coefficient (Wildman–Crippen LogP) is 7.34. The number of aromatic nitrogens is 2. The minimum Gasteiger partial charge on any atom is -0.355 e. The average molecular weight is 440 g/mol. The SMILES string of the molecule is N#C/C(=C\c1ccc2noc(-c3ccc(Cl)cc3)c2c1)c1nc(-c2ccccc2)cs1. The number of nitriles is 1. The van der Waals surface area contributed by atoms with Gasteiger partial charge in [-0.2, -0.15) is 5.26 Å². The molecule has 31 heavy (non-hydrogen) atoms. The molecule has 5 aromatic rings. The molecule has 3 aromatic carbocycles. The van der Waals surface area contributed by atoms with Crippen molar-refractivity contribution in [3.63, 3.8) is 0 Å². The Kier molecular flexibility index (Phi) is 5.09. The summed E-state index contributed by atoms with van der Waals surface area (Å²) in [4.78, 5) is 4.66. The van der Waals surface area contributed by atoms with E-state index in [1.165, 1.54) is 11.3 Å². The Balaban J connectivity index is 1.53. The Morgan fingerprint density at radius 1 is 1.00 bits per heavy atom. The molecule has 0 saturated heterocycles. The van der Waals surface area contributed by atoms with Crippen molar-refractivity contribution >= 4 is 45.5 Å². The van der Waals surface area contributed by atoms with Gasteiger partial charge in [0.2, 0.25) is 0 Å². The van der Waals surface area contributed by atoms with Gasteiger partial charge >= 0.3 is 0 Å². The molecule has 2 aromatic heterocycles. The number of fused-ring (bicyclic) bond motifs is 1. The largest absolute Gasteiger partial charge is 0.355 e. The van der Waals surface area contributed by atoms with Crippen LogP contribution in [0.3, 0.4) is 0 Å². The molecule has 0 N–H and O–H groups in total. The van der Waals surface area contributed by atoms with E-state index in [-0.39, 0.29) is 0 Å². The molecule has 0 bridgehead atoms. The summed E-state index contributed by atoms with van der Waals surface area (Å²) in [5, 5.41) is 18.1. The summed E-state index contributed by atoms with van der Waals surface area (Å²) in [5.74, 6) is 0.668. The predicted molar refractivity (Wildman–Crippen MR) is 125 cm³/mol. The van der Waals surface area contributed by atoms with Crippen LogP contribution in [0.2, 0.25) is 5.02 Å². The fourth-order valence-corrected chi connectivity index (χ4v) is 4.23. The van der Waals surface area contributed by atoms with E-state index in [1.54, 1.807) is 0 Å². The number of hydrogen-bond donors (Lipinski definition) is 0. The third-order valence-corrected chi connectivity index (χ3v) is 5.97. The molecule has 0 unspecified atom stereocenters. The summed E-state index contributed by atoms with van der Waals surface area (Å²) in [7, 11) is 0. The van der Waals surface area contributed by atoms with Gasteiger partial charge in [0.25, 0.3) is 0 Å². The van der Waals surface area contributed by atoms with E-state index in [0.29, 0.717) is 21.4 Å². The van der Waals surface area contributed by atoms with Crippen molar-refractivity contribution in [3.8, 4) is 28.7 Å². The maximum Gasteiger partial charge on any atom is 0.174 e. The second-order valence-electron chi connectivity index (χ2n) is 6.87. The van der Waals surface area contributed by atoms with Crippen LogP contribution in [0.4, 0.5) is 0 Å². The Morgan fingerprint density at radius 3 is 2.58 bits per heavy atom. The molecule has 0 radical (unpaired) electrons. The van der Waals surface area contributed by atoms with Gasteiger partial charge in [-0.1, -0.05) is 53.2 Å². The molecule has 0 aliphatic carbocycles. The molecule has 0 fully saturated rings. The first-order valence-electron chi connectivity index (χ1n) is 9.50. The van der Waals surface area contributed by atoms with E-state index in [1.807, 2.05) is 84.3 Å². The lowest BCUT2D eigenvalue weighted by Crippen LogP contribution is -1.83. The van der Waals surface area contributed by atoms with E-state index in [9.17, 15) is 5.26 Å². The van der Waals surface area contributed by atoms with E-state index < -0.39 is 0 Å². The zero-order valence-corrected chi connectivity index (χ0v) is 17.7. The number of rotatable bonds is 4. The van der Waals surface area contributed by atoms with Crippen LogP contribution in [-0.4, -0.2) is 10.1 Å². The Hall–Kier alpha value is -3.72. The second-order valence-corrected chi connectivity index (χ2v) is 8.16. The van der Waals surface area contributed by atoms with E-state index in [0.717, 1.165) is 33.3 Å². The first-order chi connectivity index (χ1) is 15.2. The van der Waals surface area contributed by atoms with Gasteiger partial charge in [-0.3, -0.25) is 0 Å². The molecule has 0 aliphatic heterocycles. The average Bonchev–Trinajstić information content (AvgIpc) is 3.46. The summed E-state index contributed by atoms with van der Waals surface area (Å²) in [5.41, 5.74) is 4.92. The Labute approximate surface area is 187 Å². The van der Waals surface area contributed by atoms with Crippen LogP contribution in [0.5, 0.6) is 0 Å². The molecule has 0 aliphatic rings. The monoisotopic (exact) mass is 439 g/mol. The fraction of sp³-hybridized carbons (Fsp3) is 0. The zero-order chi connectivity index (χ0) is 21.2. The van der Waals surface area contributed by atoms with Gasteiger partial charge in [-0.25, -0.2) is 4.98 Å². The van der Waals surface area contributed by atoms with Crippen molar-refractivity contribution in [3.05, 3.63) is 93.8 Å². The summed E-state index contributed by atoms with van der Waals surface area (Å²) < 4.78 is 5.58. The third-order valence-electron chi connectivity index (χ3n) is 4.84. The van der Waals surface area contributed by atoms with Crippen molar-refractivity contribution < 1.29 is 4.52 Å². The summed E-state index contributed by atoms with van der Waals surface area (Å²) in [6, 6.07) is 25.4. The van der Waals surface area contributed by atoms with Crippen LogP contribution in [0.15, 0.2) is 82.7 Å². The smallest absolute Gasteiger partial charge is 0.174 e. The molecule has 148 valence electrons. The van der Waals surface area contributed by atoms with Crippen molar-refractivity contribution in [1.29, 1.82) is 5.26 Å². The second kappa shape index (κ2) is 8.19. The van der Waals surface area contributed by atoms with Crippen molar-refractivity contribution in [1.82, 2.24) is 10.1 Å². The summed E-state index contributed by atoms with van der Waals surface area (Å²) in [6.45, 7) is 0. The highest BCUT2D eigenvalue weighted by Gasteiger charge is 2.13. The lowest BCUT2D eigenvalue weighted by atomic mass is 10.0. The highest BCUT2D eigenvalue weighted by molar-refractivity contribution is 7.11. The van der Waals surface area contributed by atoms with Gasteiger partial charge in [-0.15, -0.1) is 11.3 Å². The molecular formula is C25H14ClN3OS. The molecule has 4 nitrogen and oxygen atoms in total. The van der Waals surface area contributed by atoms with E-state index in [2.05, 4.69) is 16.2 Å². The summed E-state index contributed by atoms with van der Waals surface area (Å²) >= 11 is 7.46. The van der Waals surface area contributed by atoms with Crippen LogP contribution in [0.1, 0.15) is 10.6 Å². The Morgan fingerprint density at radius 2 is 1.81 bits per heavy atom. The van der Waals surface area contributed by atoms with Gasteiger partial charge in [-0.05, 0) is 48.0 Å². The normalized spacial score (nSPS) is 11.5. The Bertz CT molecular complexity index is 1440. The first-order valence-corrected chi connectivity index (χ1v) is 10.8. The van der Waals surface area contributed by atoms with E-state index in [4.69, 9.17) is 16.1 Å². The van der Waals surface area contributed by atoms with Crippen LogP contribution in [-0.2, 0) is 0 Å². The third kappa shape index (κ3) is 3.87. The molecule has 6 heteroatoms. The number of hydrogen-bond acceptors (Lipinski definition) is 5.